The summed E-state index contributed by atoms with van der Waals surface area (Å²) in [5, 5.41) is 4.67. The molecule has 1 aromatic heterocycles. The number of rotatable bonds is 3. The van der Waals surface area contributed by atoms with E-state index in [1.165, 1.54) is 11.3 Å². The lowest BCUT2D eigenvalue weighted by Gasteiger charge is -2.06. The first-order valence-electron chi connectivity index (χ1n) is 4.67. The molecule has 0 amide bonds. The van der Waals surface area contributed by atoms with Gasteiger partial charge in [-0.1, -0.05) is 0 Å². The highest BCUT2D eigenvalue weighted by Crippen LogP contribution is 2.21. The average molecular weight is 240 g/mol. The Morgan fingerprint density at radius 2 is 2.06 bits per heavy atom. The predicted molar refractivity (Wildman–Crippen MR) is 62.4 cm³/mol. The molecule has 2 aromatic rings. The molecular weight excluding hydrogens is 230 g/mol. The summed E-state index contributed by atoms with van der Waals surface area (Å²) in [6.07, 6.45) is 0. The quantitative estimate of drug-likeness (QED) is 0.864. The highest BCUT2D eigenvalue weighted by Gasteiger charge is 2.05. The molecule has 2 rings (SSSR count). The third kappa shape index (κ3) is 2.30. The smallest absolute Gasteiger partial charge is 0.146 e. The molecule has 0 saturated carbocycles. The van der Waals surface area contributed by atoms with Crippen molar-refractivity contribution < 1.29 is 8.78 Å². The molecule has 0 aliphatic heterocycles. The van der Waals surface area contributed by atoms with Gasteiger partial charge in [0.1, 0.15) is 11.6 Å². The fourth-order valence-electron chi connectivity index (χ4n) is 1.30. The number of thiophene rings is 1. The van der Waals surface area contributed by atoms with E-state index >= 15 is 0 Å². The Morgan fingerprint density at radius 1 is 1.25 bits per heavy atom. The number of halogens is 2. The van der Waals surface area contributed by atoms with Crippen LogP contribution in [-0.2, 0) is 6.54 Å². The molecule has 0 atom stereocenters. The molecule has 16 heavy (non-hydrogen) atoms. The van der Waals surface area contributed by atoms with Crippen molar-refractivity contribution in [2.75, 3.05) is 11.1 Å². The van der Waals surface area contributed by atoms with Crippen LogP contribution in [0.1, 0.15) is 4.88 Å². The second-order valence-electron chi connectivity index (χ2n) is 3.28. The third-order valence-electron chi connectivity index (χ3n) is 2.15. The number of hydrogen-bond donors (Lipinski definition) is 2. The van der Waals surface area contributed by atoms with E-state index in [2.05, 4.69) is 5.32 Å². The lowest BCUT2D eigenvalue weighted by Crippen LogP contribution is -2.02. The molecule has 1 heterocycles. The van der Waals surface area contributed by atoms with E-state index in [1.807, 2.05) is 5.38 Å². The highest BCUT2D eigenvalue weighted by molar-refractivity contribution is 7.10. The lowest BCUT2D eigenvalue weighted by molar-refractivity contribution is 0.602. The molecule has 0 fully saturated rings. The number of nitrogens with one attached hydrogen (secondary N) is 1. The van der Waals surface area contributed by atoms with Gasteiger partial charge in [-0.2, -0.15) is 0 Å². The van der Waals surface area contributed by atoms with Gasteiger partial charge < -0.3 is 11.1 Å². The average Bonchev–Trinajstić information content (AvgIpc) is 2.66. The molecule has 0 unspecified atom stereocenters. The highest BCUT2D eigenvalue weighted by atomic mass is 32.1. The molecule has 0 spiro atoms. The van der Waals surface area contributed by atoms with Crippen LogP contribution in [0.15, 0.2) is 29.6 Å². The first-order chi connectivity index (χ1) is 7.66. The van der Waals surface area contributed by atoms with Crippen molar-refractivity contribution >= 4 is 22.7 Å². The van der Waals surface area contributed by atoms with Crippen molar-refractivity contribution in [1.82, 2.24) is 0 Å². The third-order valence-corrected chi connectivity index (χ3v) is 3.08. The van der Waals surface area contributed by atoms with Gasteiger partial charge in [0.15, 0.2) is 0 Å². The van der Waals surface area contributed by atoms with Gasteiger partial charge in [0, 0.05) is 10.6 Å². The van der Waals surface area contributed by atoms with Crippen molar-refractivity contribution in [1.29, 1.82) is 0 Å². The summed E-state index contributed by atoms with van der Waals surface area (Å²) < 4.78 is 26.1. The van der Waals surface area contributed by atoms with Gasteiger partial charge in [0.2, 0.25) is 0 Å². The number of hydrogen-bond acceptors (Lipinski definition) is 3. The molecular formula is C11H10F2N2S. The summed E-state index contributed by atoms with van der Waals surface area (Å²) in [7, 11) is 0. The Bertz CT molecular complexity index is 496. The van der Waals surface area contributed by atoms with Gasteiger partial charge >= 0.3 is 0 Å². The molecule has 84 valence electrons. The second kappa shape index (κ2) is 4.49. The Labute approximate surface area is 95.7 Å². The van der Waals surface area contributed by atoms with Crippen LogP contribution in [0.2, 0.25) is 0 Å². The zero-order valence-electron chi connectivity index (χ0n) is 8.34. The molecule has 0 aliphatic rings. The number of benzene rings is 1. The van der Waals surface area contributed by atoms with Crippen LogP contribution in [0.5, 0.6) is 0 Å². The summed E-state index contributed by atoms with van der Waals surface area (Å²) in [4.78, 5) is 0.906. The maximum atomic E-state index is 13.2. The number of nitrogens with two attached hydrogens (primary N) is 1. The van der Waals surface area contributed by atoms with Crippen molar-refractivity contribution in [3.05, 3.63) is 46.2 Å². The molecule has 3 N–H and O–H groups in total. The van der Waals surface area contributed by atoms with Gasteiger partial charge in [0.05, 0.1) is 12.2 Å². The molecule has 0 radical (unpaired) electrons. The van der Waals surface area contributed by atoms with Crippen molar-refractivity contribution in [2.45, 2.75) is 6.54 Å². The van der Waals surface area contributed by atoms with Crippen molar-refractivity contribution in [3.8, 4) is 0 Å². The fraction of sp³-hybridized carbons (Fsp3) is 0.0909. The fourth-order valence-corrected chi connectivity index (χ4v) is 2.04. The Balaban J connectivity index is 2.10. The Hall–Kier alpha value is -1.62. The first kappa shape index (κ1) is 10.9. The summed E-state index contributed by atoms with van der Waals surface area (Å²) in [5.74, 6) is -0.945. The van der Waals surface area contributed by atoms with Crippen molar-refractivity contribution in [3.63, 3.8) is 0 Å². The standard InChI is InChI=1S/C11H10F2N2S/c12-7-1-2-8(13)10(5-7)15-6-11-9(14)3-4-16-11/h1-5,15H,6,14H2. The summed E-state index contributed by atoms with van der Waals surface area (Å²) >= 11 is 1.48. The van der Waals surface area contributed by atoms with Gasteiger partial charge in [0.25, 0.3) is 0 Å². The van der Waals surface area contributed by atoms with E-state index in [4.69, 9.17) is 5.73 Å². The monoisotopic (exact) mass is 240 g/mol. The van der Waals surface area contributed by atoms with Gasteiger partial charge in [-0.05, 0) is 29.6 Å². The number of nitrogen functional groups attached to an aromatic ring is 1. The van der Waals surface area contributed by atoms with Crippen molar-refractivity contribution in [2.24, 2.45) is 0 Å². The zero-order chi connectivity index (χ0) is 11.5. The van der Waals surface area contributed by atoms with E-state index < -0.39 is 11.6 Å². The van der Waals surface area contributed by atoms with Gasteiger partial charge in [-0.15, -0.1) is 11.3 Å². The summed E-state index contributed by atoms with van der Waals surface area (Å²) in [5.41, 5.74) is 6.48. The minimum Gasteiger partial charge on any atom is -0.398 e. The van der Waals surface area contributed by atoms with E-state index in [0.717, 1.165) is 23.1 Å². The maximum Gasteiger partial charge on any atom is 0.146 e. The molecule has 0 aliphatic carbocycles. The normalized spacial score (nSPS) is 10.4. The van der Waals surface area contributed by atoms with Crippen LogP contribution in [0.4, 0.5) is 20.2 Å². The van der Waals surface area contributed by atoms with Crippen LogP contribution >= 0.6 is 11.3 Å². The molecule has 2 nitrogen and oxygen atoms in total. The van der Waals surface area contributed by atoms with Crippen LogP contribution in [-0.4, -0.2) is 0 Å². The maximum absolute atomic E-state index is 13.2. The predicted octanol–water partition coefficient (Wildman–Crippen LogP) is 3.22. The van der Waals surface area contributed by atoms with Crippen LogP contribution in [0.25, 0.3) is 0 Å². The van der Waals surface area contributed by atoms with E-state index in [-0.39, 0.29) is 5.69 Å². The summed E-state index contributed by atoms with van der Waals surface area (Å²) in [6.45, 7) is 0.393. The number of anilines is 2. The lowest BCUT2D eigenvalue weighted by atomic mass is 10.3. The minimum atomic E-state index is -0.475. The minimum absolute atomic E-state index is 0.146. The second-order valence-corrected chi connectivity index (χ2v) is 4.28. The SMILES string of the molecule is Nc1ccsc1CNc1cc(F)ccc1F. The zero-order valence-corrected chi connectivity index (χ0v) is 9.15. The Morgan fingerprint density at radius 3 is 2.75 bits per heavy atom. The van der Waals surface area contributed by atoms with Crippen LogP contribution < -0.4 is 11.1 Å². The molecule has 5 heteroatoms. The Kier molecular flexibility index (Phi) is 3.05. The summed E-state index contributed by atoms with van der Waals surface area (Å²) in [6, 6.07) is 5.08. The van der Waals surface area contributed by atoms with Crippen LogP contribution in [0.3, 0.4) is 0 Å². The van der Waals surface area contributed by atoms with Crippen LogP contribution in [0, 0.1) is 11.6 Å². The largest absolute Gasteiger partial charge is 0.398 e. The van der Waals surface area contributed by atoms with E-state index in [1.54, 1.807) is 6.07 Å². The molecule has 1 aromatic carbocycles. The van der Waals surface area contributed by atoms with Gasteiger partial charge in [-0.3, -0.25) is 0 Å². The van der Waals surface area contributed by atoms with E-state index in [0.29, 0.717) is 12.2 Å². The van der Waals surface area contributed by atoms with E-state index in [9.17, 15) is 8.78 Å². The topological polar surface area (TPSA) is 38.0 Å². The first-order valence-corrected chi connectivity index (χ1v) is 5.55. The van der Waals surface area contributed by atoms with Gasteiger partial charge in [-0.25, -0.2) is 8.78 Å². The molecule has 0 saturated heterocycles. The molecule has 0 bridgehead atoms.